The fourth-order valence-corrected chi connectivity index (χ4v) is 2.67. The molecule has 0 radical (unpaired) electrons. The molecular weight excluding hydrogens is 407 g/mol. The van der Waals surface area contributed by atoms with Gasteiger partial charge in [-0.05, 0) is 64.9 Å². The van der Waals surface area contributed by atoms with Crippen LogP contribution in [0.4, 0.5) is 10.1 Å². The molecule has 4 nitrogen and oxygen atoms in total. The molecule has 0 spiro atoms. The smallest absolute Gasteiger partial charge is 0.257 e. The Labute approximate surface area is 159 Å². The maximum absolute atomic E-state index is 13.6. The summed E-state index contributed by atoms with van der Waals surface area (Å²) >= 11 is 8.45. The van der Waals surface area contributed by atoms with E-state index < -0.39 is 11.7 Å². The predicted molar refractivity (Wildman–Crippen MR) is 105 cm³/mol. The number of benzene rings is 2. The molecule has 0 aliphatic carbocycles. The standard InChI is InChI=1S/C18H18BrFN2O2S/c1-2-3-10-24-16-9-8-12(11-13(16)19)17(23)22-18(25)21-15-7-5-4-6-14(15)20/h4-9,11H,2-3,10H2,1H3,(H2,21,22,23,25). The Kier molecular flexibility index (Phi) is 7.33. The van der Waals surface area contributed by atoms with E-state index in [2.05, 4.69) is 33.5 Å². The van der Waals surface area contributed by atoms with Crippen LogP contribution in [0.2, 0.25) is 0 Å². The summed E-state index contributed by atoms with van der Waals surface area (Å²) in [4.78, 5) is 12.3. The Morgan fingerprint density at radius 3 is 2.72 bits per heavy atom. The Morgan fingerprint density at radius 1 is 1.28 bits per heavy atom. The molecule has 0 saturated carbocycles. The molecule has 0 aliphatic rings. The van der Waals surface area contributed by atoms with Crippen molar-refractivity contribution >= 4 is 44.9 Å². The number of para-hydroxylation sites is 1. The monoisotopic (exact) mass is 424 g/mol. The fraction of sp³-hybridized carbons (Fsp3) is 0.222. The van der Waals surface area contributed by atoms with Crippen LogP contribution in [0.1, 0.15) is 30.1 Å². The molecule has 7 heteroatoms. The van der Waals surface area contributed by atoms with Crippen LogP contribution in [0.15, 0.2) is 46.9 Å². The van der Waals surface area contributed by atoms with Gasteiger partial charge in [0.25, 0.3) is 5.91 Å². The number of rotatable bonds is 6. The van der Waals surface area contributed by atoms with Crippen LogP contribution in [-0.4, -0.2) is 17.6 Å². The van der Waals surface area contributed by atoms with Gasteiger partial charge in [-0.25, -0.2) is 4.39 Å². The van der Waals surface area contributed by atoms with E-state index in [1.165, 1.54) is 12.1 Å². The van der Waals surface area contributed by atoms with E-state index in [0.29, 0.717) is 22.4 Å². The lowest BCUT2D eigenvalue weighted by atomic mass is 10.2. The first-order chi connectivity index (χ1) is 12.0. The molecule has 0 aliphatic heterocycles. The summed E-state index contributed by atoms with van der Waals surface area (Å²) in [7, 11) is 0. The summed E-state index contributed by atoms with van der Waals surface area (Å²) in [6.45, 7) is 2.71. The minimum Gasteiger partial charge on any atom is -0.492 e. The highest BCUT2D eigenvalue weighted by atomic mass is 79.9. The van der Waals surface area contributed by atoms with Crippen molar-refractivity contribution in [3.63, 3.8) is 0 Å². The number of carbonyl (C=O) groups is 1. The van der Waals surface area contributed by atoms with E-state index in [1.54, 1.807) is 30.3 Å². The first-order valence-corrected chi connectivity index (χ1v) is 9.00. The zero-order chi connectivity index (χ0) is 18.2. The number of halogens is 2. The summed E-state index contributed by atoms with van der Waals surface area (Å²) in [5.41, 5.74) is 0.612. The number of amides is 1. The Hall–Kier alpha value is -1.99. The summed E-state index contributed by atoms with van der Waals surface area (Å²) in [6, 6.07) is 11.1. The largest absolute Gasteiger partial charge is 0.492 e. The van der Waals surface area contributed by atoms with Crippen LogP contribution >= 0.6 is 28.1 Å². The SMILES string of the molecule is CCCCOc1ccc(C(=O)NC(=S)Nc2ccccc2F)cc1Br. The molecule has 0 aromatic heterocycles. The lowest BCUT2D eigenvalue weighted by molar-refractivity contribution is 0.0977. The number of carbonyl (C=O) groups excluding carboxylic acids is 1. The fourth-order valence-electron chi connectivity index (χ4n) is 1.98. The Balaban J connectivity index is 1.97. The van der Waals surface area contributed by atoms with Crippen LogP contribution < -0.4 is 15.4 Å². The number of ether oxygens (including phenoxy) is 1. The summed E-state index contributed by atoms with van der Waals surface area (Å²) in [5.74, 6) is -0.165. The van der Waals surface area contributed by atoms with Gasteiger partial charge < -0.3 is 10.1 Å². The molecule has 0 heterocycles. The highest BCUT2D eigenvalue weighted by molar-refractivity contribution is 9.10. The van der Waals surface area contributed by atoms with Crippen molar-refractivity contribution in [3.05, 3.63) is 58.3 Å². The van der Waals surface area contributed by atoms with Crippen LogP contribution in [0.5, 0.6) is 5.75 Å². The van der Waals surface area contributed by atoms with Gasteiger partial charge in [-0.3, -0.25) is 10.1 Å². The Bertz CT molecular complexity index is 770. The number of anilines is 1. The average molecular weight is 425 g/mol. The van der Waals surface area contributed by atoms with Gasteiger partial charge in [-0.15, -0.1) is 0 Å². The highest BCUT2D eigenvalue weighted by Gasteiger charge is 2.12. The molecule has 132 valence electrons. The second-order valence-electron chi connectivity index (χ2n) is 5.24. The topological polar surface area (TPSA) is 50.4 Å². The lowest BCUT2D eigenvalue weighted by Crippen LogP contribution is -2.34. The van der Waals surface area contributed by atoms with Crippen LogP contribution in [0, 0.1) is 5.82 Å². The number of nitrogens with one attached hydrogen (secondary N) is 2. The van der Waals surface area contributed by atoms with E-state index in [1.807, 2.05) is 0 Å². The first kappa shape index (κ1) is 19.3. The Morgan fingerprint density at radius 2 is 2.04 bits per heavy atom. The number of hydrogen-bond donors (Lipinski definition) is 2. The lowest BCUT2D eigenvalue weighted by Gasteiger charge is -2.12. The van der Waals surface area contributed by atoms with E-state index in [4.69, 9.17) is 17.0 Å². The minimum atomic E-state index is -0.449. The molecule has 0 atom stereocenters. The van der Waals surface area contributed by atoms with Crippen molar-refractivity contribution in [2.45, 2.75) is 19.8 Å². The van der Waals surface area contributed by atoms with Gasteiger partial charge in [-0.2, -0.15) is 0 Å². The van der Waals surface area contributed by atoms with E-state index in [-0.39, 0.29) is 10.8 Å². The van der Waals surface area contributed by atoms with E-state index in [9.17, 15) is 9.18 Å². The second kappa shape index (κ2) is 9.48. The summed E-state index contributed by atoms with van der Waals surface area (Å²) in [6.07, 6.45) is 2.01. The third-order valence-corrected chi connectivity index (χ3v) is 4.12. The zero-order valence-electron chi connectivity index (χ0n) is 13.6. The van der Waals surface area contributed by atoms with Crippen molar-refractivity contribution in [3.8, 4) is 5.75 Å². The molecule has 1 amide bonds. The van der Waals surface area contributed by atoms with Crippen molar-refractivity contribution in [1.29, 1.82) is 0 Å². The first-order valence-electron chi connectivity index (χ1n) is 7.80. The van der Waals surface area contributed by atoms with Gasteiger partial charge in [0.2, 0.25) is 0 Å². The number of thiocarbonyl (C=S) groups is 1. The minimum absolute atomic E-state index is 0.0227. The second-order valence-corrected chi connectivity index (χ2v) is 6.50. The molecule has 0 unspecified atom stereocenters. The molecule has 2 N–H and O–H groups in total. The van der Waals surface area contributed by atoms with Gasteiger partial charge in [0, 0.05) is 5.56 Å². The molecule has 2 rings (SSSR count). The maximum Gasteiger partial charge on any atom is 0.257 e. The van der Waals surface area contributed by atoms with Crippen molar-refractivity contribution in [1.82, 2.24) is 5.32 Å². The van der Waals surface area contributed by atoms with Crippen molar-refractivity contribution in [2.75, 3.05) is 11.9 Å². The zero-order valence-corrected chi connectivity index (χ0v) is 16.0. The summed E-state index contributed by atoms with van der Waals surface area (Å²) < 4.78 is 19.9. The molecular formula is C18H18BrFN2O2S. The normalized spacial score (nSPS) is 10.2. The quantitative estimate of drug-likeness (QED) is 0.511. The van der Waals surface area contributed by atoms with Crippen LogP contribution in [0.3, 0.4) is 0 Å². The third-order valence-electron chi connectivity index (χ3n) is 3.30. The van der Waals surface area contributed by atoms with Crippen molar-refractivity contribution in [2.24, 2.45) is 0 Å². The van der Waals surface area contributed by atoms with E-state index >= 15 is 0 Å². The molecule has 25 heavy (non-hydrogen) atoms. The molecule has 2 aromatic rings. The maximum atomic E-state index is 13.6. The number of hydrogen-bond acceptors (Lipinski definition) is 3. The van der Waals surface area contributed by atoms with Gasteiger partial charge in [0.05, 0.1) is 16.8 Å². The van der Waals surface area contributed by atoms with Gasteiger partial charge >= 0.3 is 0 Å². The molecule has 0 fully saturated rings. The van der Waals surface area contributed by atoms with Crippen molar-refractivity contribution < 1.29 is 13.9 Å². The highest BCUT2D eigenvalue weighted by Crippen LogP contribution is 2.26. The van der Waals surface area contributed by atoms with Crippen LogP contribution in [0.25, 0.3) is 0 Å². The molecule has 0 saturated heterocycles. The van der Waals surface area contributed by atoms with Crippen LogP contribution in [-0.2, 0) is 0 Å². The van der Waals surface area contributed by atoms with E-state index in [0.717, 1.165) is 12.8 Å². The third kappa shape index (κ3) is 5.79. The average Bonchev–Trinajstić information content (AvgIpc) is 2.58. The summed E-state index contributed by atoms with van der Waals surface area (Å²) in [5, 5.41) is 5.21. The predicted octanol–water partition coefficient (Wildman–Crippen LogP) is 4.89. The van der Waals surface area contributed by atoms with Gasteiger partial charge in [0.15, 0.2) is 5.11 Å². The molecule has 0 bridgehead atoms. The van der Waals surface area contributed by atoms with Gasteiger partial charge in [-0.1, -0.05) is 25.5 Å². The van der Waals surface area contributed by atoms with Gasteiger partial charge in [0.1, 0.15) is 11.6 Å². The molecule has 2 aromatic carbocycles. The number of unbranched alkanes of at least 4 members (excludes halogenated alkanes) is 1.